The van der Waals surface area contributed by atoms with Crippen LogP contribution in [0.4, 0.5) is 4.79 Å². The van der Waals surface area contributed by atoms with Gasteiger partial charge in [0.1, 0.15) is 11.1 Å². The average Bonchev–Trinajstić information content (AvgIpc) is 2.81. The molecule has 1 atom stereocenters. The van der Waals surface area contributed by atoms with Gasteiger partial charge in [-0.2, -0.15) is 0 Å². The van der Waals surface area contributed by atoms with Gasteiger partial charge in [0, 0.05) is 6.54 Å². The summed E-state index contributed by atoms with van der Waals surface area (Å²) in [5.41, 5.74) is 4.39. The lowest BCUT2D eigenvalue weighted by molar-refractivity contribution is -0.147. The lowest BCUT2D eigenvalue weighted by Gasteiger charge is -2.31. The predicted molar refractivity (Wildman–Crippen MR) is 140 cm³/mol. The van der Waals surface area contributed by atoms with Crippen LogP contribution in [0.25, 0.3) is 0 Å². The number of nitrogens with one attached hydrogen (secondary N) is 1. The van der Waals surface area contributed by atoms with Gasteiger partial charge in [0.2, 0.25) is 0 Å². The second kappa shape index (κ2) is 14.5. The van der Waals surface area contributed by atoms with E-state index in [2.05, 4.69) is 5.32 Å². The number of carbonyl (C=O) groups excluding carboxylic acids is 2. The minimum absolute atomic E-state index is 0.0378. The fraction of sp³-hybridized carbons (Fsp3) is 0.846. The van der Waals surface area contributed by atoms with Crippen molar-refractivity contribution in [1.82, 2.24) is 5.32 Å². The molecule has 0 aliphatic heterocycles. The first-order valence-electron chi connectivity index (χ1n) is 13.4. The first-order chi connectivity index (χ1) is 16.9. The van der Waals surface area contributed by atoms with Gasteiger partial charge in [-0.15, -0.1) is 0 Å². The molecule has 0 aromatic heterocycles. The molecule has 0 unspecified atom stereocenters. The van der Waals surface area contributed by atoms with Crippen molar-refractivity contribution in [2.45, 2.75) is 121 Å². The standard InChI is InChI=1S/C26H47N2O7P/c1-25(2,3)33-24(30)28-19-18-26(27,23(29)32-4)17-11-12-20-36(31,34-21-13-7-5-8-14-21)35-22-15-9-6-10-16-22/h11-12,21-22H,5-10,13-20,27H2,1-4H3,(H,28,30)/t26-/m0/s1. The van der Waals surface area contributed by atoms with E-state index in [0.29, 0.717) is 0 Å². The molecule has 0 saturated heterocycles. The monoisotopic (exact) mass is 530 g/mol. The Hall–Kier alpha value is -1.41. The Balaban J connectivity index is 1.97. The molecule has 36 heavy (non-hydrogen) atoms. The molecule has 2 fully saturated rings. The van der Waals surface area contributed by atoms with Crippen LogP contribution in [0.3, 0.4) is 0 Å². The van der Waals surface area contributed by atoms with E-state index in [0.717, 1.165) is 51.4 Å². The lowest BCUT2D eigenvalue weighted by Crippen LogP contribution is -2.50. The number of rotatable bonds is 12. The second-order valence-corrected chi connectivity index (χ2v) is 13.0. The van der Waals surface area contributed by atoms with Gasteiger partial charge in [0.05, 0.1) is 25.5 Å². The van der Waals surface area contributed by atoms with Crippen molar-refractivity contribution in [2.75, 3.05) is 19.8 Å². The van der Waals surface area contributed by atoms with Gasteiger partial charge in [0.15, 0.2) is 0 Å². The topological polar surface area (TPSA) is 126 Å². The lowest BCUT2D eigenvalue weighted by atomic mass is 9.92. The molecular weight excluding hydrogens is 483 g/mol. The van der Waals surface area contributed by atoms with E-state index in [1.54, 1.807) is 32.9 Å². The van der Waals surface area contributed by atoms with Crippen molar-refractivity contribution < 1.29 is 32.7 Å². The fourth-order valence-corrected chi connectivity index (χ4v) is 6.56. The molecular formula is C26H47N2O7P. The third-order valence-electron chi connectivity index (χ3n) is 6.53. The quantitative estimate of drug-likeness (QED) is 0.189. The van der Waals surface area contributed by atoms with Crippen molar-refractivity contribution >= 4 is 19.7 Å². The minimum atomic E-state index is -3.34. The molecule has 0 bridgehead atoms. The van der Waals surface area contributed by atoms with Crippen molar-refractivity contribution in [3.8, 4) is 0 Å². The van der Waals surface area contributed by atoms with Crippen LogP contribution in [0.2, 0.25) is 0 Å². The number of nitrogens with two attached hydrogens (primary N) is 1. The maximum atomic E-state index is 13.7. The molecule has 0 aromatic carbocycles. The van der Waals surface area contributed by atoms with Gasteiger partial charge in [-0.25, -0.2) is 4.79 Å². The number of hydrogen-bond donors (Lipinski definition) is 2. The molecule has 3 N–H and O–H groups in total. The van der Waals surface area contributed by atoms with Crippen molar-refractivity contribution in [2.24, 2.45) is 5.73 Å². The highest BCUT2D eigenvalue weighted by Gasteiger charge is 2.35. The molecule has 0 spiro atoms. The van der Waals surface area contributed by atoms with Crippen LogP contribution in [-0.4, -0.2) is 55.2 Å². The predicted octanol–water partition coefficient (Wildman–Crippen LogP) is 5.61. The molecule has 0 radical (unpaired) electrons. The van der Waals surface area contributed by atoms with Gasteiger partial charge >= 0.3 is 19.7 Å². The summed E-state index contributed by atoms with van der Waals surface area (Å²) in [6.07, 6.45) is 13.5. The molecule has 0 aromatic rings. The van der Waals surface area contributed by atoms with Crippen molar-refractivity contribution in [3.05, 3.63) is 12.2 Å². The zero-order chi connectivity index (χ0) is 26.7. The van der Waals surface area contributed by atoms with Gasteiger partial charge in [-0.3, -0.25) is 9.36 Å². The van der Waals surface area contributed by atoms with Crippen LogP contribution < -0.4 is 11.1 Å². The summed E-state index contributed by atoms with van der Waals surface area (Å²) in [6.45, 7) is 5.46. The normalized spacial score (nSPS) is 20.1. The summed E-state index contributed by atoms with van der Waals surface area (Å²) >= 11 is 0. The summed E-state index contributed by atoms with van der Waals surface area (Å²) < 4.78 is 36.1. The highest BCUT2D eigenvalue weighted by molar-refractivity contribution is 7.54. The first-order valence-corrected chi connectivity index (χ1v) is 15.1. The molecule has 2 saturated carbocycles. The Morgan fingerprint density at radius 2 is 1.47 bits per heavy atom. The van der Waals surface area contributed by atoms with Gasteiger partial charge in [-0.05, 0) is 59.3 Å². The van der Waals surface area contributed by atoms with Gasteiger partial charge < -0.3 is 29.6 Å². The van der Waals surface area contributed by atoms with Crippen molar-refractivity contribution in [3.63, 3.8) is 0 Å². The molecule has 208 valence electrons. The Kier molecular flexibility index (Phi) is 12.4. The van der Waals surface area contributed by atoms with Crippen LogP contribution in [-0.2, 0) is 27.9 Å². The number of ether oxygens (including phenoxy) is 2. The number of hydrogen-bond acceptors (Lipinski definition) is 8. The summed E-state index contributed by atoms with van der Waals surface area (Å²) in [5.74, 6) is -0.585. The van der Waals surface area contributed by atoms with E-state index in [1.165, 1.54) is 20.0 Å². The molecule has 2 rings (SSSR count). The van der Waals surface area contributed by atoms with Gasteiger partial charge in [-0.1, -0.05) is 50.7 Å². The Bertz CT molecular complexity index is 747. The van der Waals surface area contributed by atoms with Gasteiger partial charge in [0.25, 0.3) is 0 Å². The SMILES string of the molecule is COC(=O)[C@](N)(CC=CCP(=O)(OC1CCCCC1)OC1CCCCC1)CCNC(=O)OC(C)(C)C. The second-order valence-electron chi connectivity index (χ2n) is 11.0. The molecule has 9 nitrogen and oxygen atoms in total. The van der Waals surface area contributed by atoms with E-state index >= 15 is 0 Å². The van der Waals surface area contributed by atoms with E-state index < -0.39 is 30.8 Å². The first kappa shape index (κ1) is 30.8. The van der Waals surface area contributed by atoms with Crippen LogP contribution in [0, 0.1) is 0 Å². The summed E-state index contributed by atoms with van der Waals surface area (Å²) in [5, 5.41) is 2.62. The molecule has 2 aliphatic rings. The molecule has 0 heterocycles. The zero-order valence-electron chi connectivity index (χ0n) is 22.6. The van der Waals surface area contributed by atoms with Crippen LogP contribution in [0.1, 0.15) is 97.8 Å². The summed E-state index contributed by atoms with van der Waals surface area (Å²) in [7, 11) is -2.06. The Morgan fingerprint density at radius 1 is 0.944 bits per heavy atom. The Labute approximate surface area is 216 Å². The molecule has 2 aliphatic carbocycles. The number of alkyl carbamates (subject to hydrolysis) is 1. The highest BCUT2D eigenvalue weighted by atomic mass is 31.2. The third-order valence-corrected chi connectivity index (χ3v) is 8.43. The molecule has 10 heteroatoms. The number of allylic oxidation sites excluding steroid dienone is 1. The van der Waals surface area contributed by atoms with Crippen LogP contribution >= 0.6 is 7.60 Å². The maximum Gasteiger partial charge on any atom is 0.407 e. The van der Waals surface area contributed by atoms with E-state index in [1.807, 2.05) is 0 Å². The third kappa shape index (κ3) is 11.3. The average molecular weight is 531 g/mol. The Morgan fingerprint density at radius 3 is 1.94 bits per heavy atom. The zero-order valence-corrected chi connectivity index (χ0v) is 23.5. The maximum absolute atomic E-state index is 13.7. The largest absolute Gasteiger partial charge is 0.468 e. The number of methoxy groups -OCH3 is 1. The van der Waals surface area contributed by atoms with E-state index in [9.17, 15) is 14.2 Å². The molecule has 1 amide bonds. The van der Waals surface area contributed by atoms with Crippen LogP contribution in [0.5, 0.6) is 0 Å². The summed E-state index contributed by atoms with van der Waals surface area (Å²) in [4.78, 5) is 24.3. The van der Waals surface area contributed by atoms with E-state index in [-0.39, 0.29) is 37.8 Å². The smallest absolute Gasteiger partial charge is 0.407 e. The highest BCUT2D eigenvalue weighted by Crippen LogP contribution is 2.53. The number of esters is 1. The van der Waals surface area contributed by atoms with Crippen molar-refractivity contribution in [1.29, 1.82) is 0 Å². The number of amides is 1. The number of carbonyl (C=O) groups is 2. The minimum Gasteiger partial charge on any atom is -0.468 e. The summed E-state index contributed by atoms with van der Waals surface area (Å²) in [6, 6.07) is 0. The van der Waals surface area contributed by atoms with E-state index in [4.69, 9.17) is 24.3 Å². The van der Waals surface area contributed by atoms with Crippen LogP contribution in [0.15, 0.2) is 12.2 Å². The fourth-order valence-electron chi connectivity index (χ4n) is 4.60.